The highest BCUT2D eigenvalue weighted by Crippen LogP contribution is 2.47. The number of benzene rings is 1. The number of halogens is 5. The first-order chi connectivity index (χ1) is 13.2. The lowest BCUT2D eigenvalue weighted by atomic mass is 10.0. The molecule has 0 fully saturated rings. The van der Waals surface area contributed by atoms with Gasteiger partial charge in [-0.05, 0) is 29.8 Å². The van der Waals surface area contributed by atoms with Gasteiger partial charge in [0.2, 0.25) is 10.4 Å². The van der Waals surface area contributed by atoms with Crippen molar-refractivity contribution in [2.24, 2.45) is 4.99 Å². The van der Waals surface area contributed by atoms with Crippen LogP contribution in [0.3, 0.4) is 0 Å². The Labute approximate surface area is 166 Å². The minimum atomic E-state index is -4.61. The zero-order chi connectivity index (χ0) is 20.6. The van der Waals surface area contributed by atoms with Crippen LogP contribution < -0.4 is 9.64 Å². The van der Waals surface area contributed by atoms with E-state index in [4.69, 9.17) is 16.3 Å². The summed E-state index contributed by atoms with van der Waals surface area (Å²) < 4.78 is 63.6. The lowest BCUT2D eigenvalue weighted by molar-refractivity contribution is -0.141. The van der Waals surface area contributed by atoms with Crippen molar-refractivity contribution in [3.8, 4) is 5.75 Å². The number of methoxy groups -OCH3 is 2. The molecule has 1 aromatic carbocycles. The number of ether oxygens (including phenoxy) is 2. The summed E-state index contributed by atoms with van der Waals surface area (Å²) in [5.74, 6) is -0.569. The minimum Gasteiger partial charge on any atom is -0.495 e. The molecule has 1 aromatic heterocycles. The number of anilines is 1. The zero-order valence-corrected chi connectivity index (χ0v) is 16.1. The van der Waals surface area contributed by atoms with Crippen molar-refractivity contribution in [3.05, 3.63) is 39.8 Å². The van der Waals surface area contributed by atoms with Gasteiger partial charge < -0.3 is 14.4 Å². The molecule has 1 aliphatic heterocycles. The number of rotatable bonds is 4. The highest BCUT2D eigenvalue weighted by atomic mass is 35.5. The van der Waals surface area contributed by atoms with Crippen molar-refractivity contribution in [2.75, 3.05) is 19.1 Å². The molecule has 2 aromatic rings. The summed E-state index contributed by atoms with van der Waals surface area (Å²) in [6.45, 7) is 0. The van der Waals surface area contributed by atoms with Gasteiger partial charge in [-0.1, -0.05) is 0 Å². The second-order valence-electron chi connectivity index (χ2n) is 5.74. The molecule has 0 saturated carbocycles. The van der Waals surface area contributed by atoms with E-state index in [1.54, 1.807) is 0 Å². The molecular formula is C17H13ClF4N2O3S. The Hall–Kier alpha value is -2.33. The van der Waals surface area contributed by atoms with Crippen molar-refractivity contribution in [3.63, 3.8) is 0 Å². The maximum atomic E-state index is 14.0. The second-order valence-corrected chi connectivity index (χ2v) is 6.91. The van der Waals surface area contributed by atoms with E-state index in [0.29, 0.717) is 5.56 Å². The molecule has 150 valence electrons. The van der Waals surface area contributed by atoms with Gasteiger partial charge in [0, 0.05) is 10.9 Å². The minimum absolute atomic E-state index is 0.0499. The van der Waals surface area contributed by atoms with E-state index < -0.39 is 28.9 Å². The maximum Gasteiger partial charge on any atom is 0.416 e. The third-order valence-corrected chi connectivity index (χ3v) is 5.21. The summed E-state index contributed by atoms with van der Waals surface area (Å²) in [4.78, 5) is 17.1. The number of hydrogen-bond acceptors (Lipinski definition) is 6. The molecule has 11 heteroatoms. The van der Waals surface area contributed by atoms with Crippen LogP contribution in [0.25, 0.3) is 0 Å². The second kappa shape index (κ2) is 7.59. The smallest absolute Gasteiger partial charge is 0.416 e. The van der Waals surface area contributed by atoms with E-state index in [2.05, 4.69) is 9.73 Å². The Bertz CT molecular complexity index is 945. The van der Waals surface area contributed by atoms with Gasteiger partial charge in [-0.25, -0.2) is 4.99 Å². The largest absolute Gasteiger partial charge is 0.495 e. The molecule has 0 amide bonds. The van der Waals surface area contributed by atoms with E-state index in [-0.39, 0.29) is 28.8 Å². The number of carbonyl (C=O) groups is 1. The summed E-state index contributed by atoms with van der Waals surface area (Å²) in [6.07, 6.45) is -4.90. The molecule has 28 heavy (non-hydrogen) atoms. The molecule has 0 aliphatic carbocycles. The quantitative estimate of drug-likeness (QED) is 0.372. The van der Waals surface area contributed by atoms with Gasteiger partial charge in [0.15, 0.2) is 0 Å². The number of thiophene rings is 1. The van der Waals surface area contributed by atoms with Gasteiger partial charge in [0.25, 0.3) is 0 Å². The van der Waals surface area contributed by atoms with E-state index in [0.717, 1.165) is 29.5 Å². The third-order valence-electron chi connectivity index (χ3n) is 4.18. The van der Waals surface area contributed by atoms with Crippen LogP contribution in [-0.2, 0) is 15.7 Å². The average Bonchev–Trinajstić information content (AvgIpc) is 3.01. The van der Waals surface area contributed by atoms with Crippen LogP contribution >= 0.6 is 22.9 Å². The van der Waals surface area contributed by atoms with Crippen molar-refractivity contribution < 1.29 is 31.8 Å². The molecule has 0 saturated heterocycles. The SMILES string of the molecule is COC(=O)CC1c2csc(F)c2N=C(Cl)N1c1cc(C(F)(F)F)ccc1OC. The first kappa shape index (κ1) is 20.4. The standard InChI is InChI=1S/C17H13ClF4N2O3S/c1-26-12-4-3-8(17(20,21)22)5-11(12)24-10(6-13(25)27-2)9-7-28-15(19)14(9)23-16(24)18/h3-5,7,10H,6H2,1-2H3. The molecular weight excluding hydrogens is 424 g/mol. The average molecular weight is 437 g/mol. The Morgan fingerprint density at radius 2 is 2.07 bits per heavy atom. The summed E-state index contributed by atoms with van der Waals surface area (Å²) in [5, 5.41) is 0.535. The zero-order valence-electron chi connectivity index (χ0n) is 14.5. The van der Waals surface area contributed by atoms with Crippen molar-refractivity contribution in [1.82, 2.24) is 0 Å². The lowest BCUT2D eigenvalue weighted by Crippen LogP contribution is -2.36. The number of alkyl halides is 3. The number of aliphatic imine (C=N–C) groups is 1. The van der Waals surface area contributed by atoms with Crippen molar-refractivity contribution in [1.29, 1.82) is 0 Å². The van der Waals surface area contributed by atoms with Gasteiger partial charge in [-0.15, -0.1) is 11.3 Å². The Morgan fingerprint density at radius 3 is 2.68 bits per heavy atom. The van der Waals surface area contributed by atoms with Crippen LogP contribution in [0.2, 0.25) is 0 Å². The van der Waals surface area contributed by atoms with Gasteiger partial charge in [0.05, 0.1) is 37.9 Å². The Balaban J connectivity index is 2.19. The van der Waals surface area contributed by atoms with Crippen molar-refractivity contribution >= 4 is 45.6 Å². The Morgan fingerprint density at radius 1 is 1.36 bits per heavy atom. The molecule has 0 spiro atoms. The molecule has 1 aliphatic rings. The van der Waals surface area contributed by atoms with Crippen LogP contribution in [0, 0.1) is 5.13 Å². The number of nitrogens with zero attached hydrogens (tertiary/aromatic N) is 2. The van der Waals surface area contributed by atoms with Crippen LogP contribution in [0.1, 0.15) is 23.6 Å². The molecule has 0 radical (unpaired) electrons. The van der Waals surface area contributed by atoms with Gasteiger partial charge in [0.1, 0.15) is 11.4 Å². The van der Waals surface area contributed by atoms with E-state index >= 15 is 0 Å². The normalized spacial score (nSPS) is 16.5. The molecule has 1 unspecified atom stereocenters. The number of amidine groups is 1. The fourth-order valence-electron chi connectivity index (χ4n) is 2.86. The van der Waals surface area contributed by atoms with Crippen LogP contribution in [-0.4, -0.2) is 25.5 Å². The molecule has 0 N–H and O–H groups in total. The third kappa shape index (κ3) is 3.66. The molecule has 0 bridgehead atoms. The predicted molar refractivity (Wildman–Crippen MR) is 97.1 cm³/mol. The summed E-state index contributed by atoms with van der Waals surface area (Å²) in [5.41, 5.74) is -0.730. The van der Waals surface area contributed by atoms with Gasteiger partial charge in [-0.2, -0.15) is 17.6 Å². The molecule has 3 rings (SSSR count). The van der Waals surface area contributed by atoms with Crippen LogP contribution in [0.5, 0.6) is 5.75 Å². The summed E-state index contributed by atoms with van der Waals surface area (Å²) in [7, 11) is 2.46. The molecule has 1 atom stereocenters. The first-order valence-corrected chi connectivity index (χ1v) is 9.05. The summed E-state index contributed by atoms with van der Waals surface area (Å²) in [6, 6.07) is 1.92. The Kier molecular flexibility index (Phi) is 5.53. The first-order valence-electron chi connectivity index (χ1n) is 7.79. The van der Waals surface area contributed by atoms with E-state index in [9.17, 15) is 22.4 Å². The van der Waals surface area contributed by atoms with E-state index in [1.165, 1.54) is 24.5 Å². The number of esters is 1. The molecule has 5 nitrogen and oxygen atoms in total. The summed E-state index contributed by atoms with van der Waals surface area (Å²) >= 11 is 6.97. The maximum absolute atomic E-state index is 14.0. The lowest BCUT2D eigenvalue weighted by Gasteiger charge is -2.35. The van der Waals surface area contributed by atoms with Gasteiger partial charge in [-0.3, -0.25) is 4.79 Å². The number of carbonyl (C=O) groups excluding carboxylic acids is 1. The fraction of sp³-hybridized carbons (Fsp3) is 0.294. The monoisotopic (exact) mass is 436 g/mol. The topological polar surface area (TPSA) is 51.1 Å². The number of hydrogen-bond donors (Lipinski definition) is 0. The van der Waals surface area contributed by atoms with E-state index in [1.807, 2.05) is 0 Å². The highest BCUT2D eigenvalue weighted by molar-refractivity contribution is 7.08. The highest BCUT2D eigenvalue weighted by Gasteiger charge is 2.38. The van der Waals surface area contributed by atoms with Crippen LogP contribution in [0.15, 0.2) is 28.6 Å². The fourth-order valence-corrected chi connectivity index (χ4v) is 3.93. The van der Waals surface area contributed by atoms with Gasteiger partial charge >= 0.3 is 12.1 Å². The molecule has 2 heterocycles. The van der Waals surface area contributed by atoms with Crippen molar-refractivity contribution in [2.45, 2.75) is 18.6 Å². The number of fused-ring (bicyclic) bond motifs is 1. The predicted octanol–water partition coefficient (Wildman–Crippen LogP) is 5.27. The van der Waals surface area contributed by atoms with Crippen LogP contribution in [0.4, 0.5) is 28.9 Å².